The van der Waals surface area contributed by atoms with Crippen LogP contribution in [-0.4, -0.2) is 12.0 Å². The fraction of sp³-hybridized carbons (Fsp3) is 0.444. The van der Waals surface area contributed by atoms with Crippen LogP contribution >= 0.6 is 0 Å². The summed E-state index contributed by atoms with van der Waals surface area (Å²) in [6.07, 6.45) is 1.84. The molecule has 1 heterocycles. The molecule has 0 spiro atoms. The van der Waals surface area contributed by atoms with E-state index in [2.05, 4.69) is 10.3 Å². The Kier molecular flexibility index (Phi) is 5.17. The Morgan fingerprint density at radius 3 is 2.27 bits per heavy atom. The van der Waals surface area contributed by atoms with Gasteiger partial charge in [-0.3, -0.25) is 0 Å². The smallest absolute Gasteiger partial charge is 0.125 e. The van der Waals surface area contributed by atoms with E-state index in [0.29, 0.717) is 0 Å². The van der Waals surface area contributed by atoms with Gasteiger partial charge in [-0.1, -0.05) is 19.9 Å². The molecule has 0 saturated heterocycles. The van der Waals surface area contributed by atoms with Gasteiger partial charge in [0.25, 0.3) is 0 Å². The molecular formula is C9H16N2. The van der Waals surface area contributed by atoms with Gasteiger partial charge in [-0.15, -0.1) is 0 Å². The molecule has 62 valence electrons. The highest BCUT2D eigenvalue weighted by Gasteiger charge is 1.85. The monoisotopic (exact) mass is 152 g/mol. The van der Waals surface area contributed by atoms with E-state index in [4.69, 9.17) is 0 Å². The quantitative estimate of drug-likeness (QED) is 0.668. The fourth-order valence-corrected chi connectivity index (χ4v) is 0.616. The van der Waals surface area contributed by atoms with Crippen LogP contribution in [0.15, 0.2) is 18.3 Å². The summed E-state index contributed by atoms with van der Waals surface area (Å²) in [5, 5.41) is 2.94. The Balaban J connectivity index is 0.000000461. The Bertz CT molecular complexity index is 179. The minimum atomic E-state index is 0.917. The number of anilines is 1. The Morgan fingerprint density at radius 2 is 1.91 bits per heavy atom. The molecule has 2 heteroatoms. The van der Waals surface area contributed by atoms with E-state index >= 15 is 0 Å². The zero-order valence-electron chi connectivity index (χ0n) is 7.68. The Morgan fingerprint density at radius 1 is 1.27 bits per heavy atom. The van der Waals surface area contributed by atoms with Crippen molar-refractivity contribution in [3.8, 4) is 0 Å². The van der Waals surface area contributed by atoms with Crippen molar-refractivity contribution >= 4 is 5.82 Å². The molecule has 0 aromatic carbocycles. The normalized spacial score (nSPS) is 8.00. The number of aromatic nitrogens is 1. The van der Waals surface area contributed by atoms with Crippen molar-refractivity contribution in [2.75, 3.05) is 12.4 Å². The van der Waals surface area contributed by atoms with E-state index < -0.39 is 0 Å². The number of hydrogen-bond acceptors (Lipinski definition) is 2. The molecule has 1 aromatic heterocycles. The van der Waals surface area contributed by atoms with Crippen LogP contribution in [0.3, 0.4) is 0 Å². The maximum absolute atomic E-state index is 4.09. The summed E-state index contributed by atoms with van der Waals surface area (Å²) in [5.41, 5.74) is 1.19. The Hall–Kier alpha value is -1.05. The maximum atomic E-state index is 4.09. The van der Waals surface area contributed by atoms with E-state index in [1.54, 1.807) is 0 Å². The average molecular weight is 152 g/mol. The van der Waals surface area contributed by atoms with E-state index in [1.807, 2.05) is 46.1 Å². The number of hydrogen-bond donors (Lipinski definition) is 1. The zero-order chi connectivity index (χ0) is 8.69. The highest BCUT2D eigenvalue weighted by molar-refractivity contribution is 5.33. The molecule has 1 aromatic rings. The third-order valence-electron chi connectivity index (χ3n) is 1.17. The molecule has 1 rings (SSSR count). The standard InChI is InChI=1S/C7H10N2.C2H6/c1-6-3-4-7(8-2)9-5-6;1-2/h3-5H,1-2H3,(H,8,9);1-2H3. The lowest BCUT2D eigenvalue weighted by atomic mass is 10.3. The van der Waals surface area contributed by atoms with Gasteiger partial charge in [0.05, 0.1) is 0 Å². The predicted molar refractivity (Wildman–Crippen MR) is 49.9 cm³/mol. The average Bonchev–Trinajstić information content (AvgIpc) is 2.10. The Labute approximate surface area is 68.7 Å². The number of pyridine rings is 1. The molecule has 0 aliphatic rings. The van der Waals surface area contributed by atoms with Crippen LogP contribution < -0.4 is 5.32 Å². The van der Waals surface area contributed by atoms with Gasteiger partial charge >= 0.3 is 0 Å². The van der Waals surface area contributed by atoms with Crippen molar-refractivity contribution in [3.05, 3.63) is 23.9 Å². The highest BCUT2D eigenvalue weighted by atomic mass is 14.9. The summed E-state index contributed by atoms with van der Waals surface area (Å²) in [6, 6.07) is 3.98. The maximum Gasteiger partial charge on any atom is 0.125 e. The summed E-state index contributed by atoms with van der Waals surface area (Å²) in [7, 11) is 1.86. The van der Waals surface area contributed by atoms with Gasteiger partial charge < -0.3 is 5.32 Å². The van der Waals surface area contributed by atoms with Crippen molar-refractivity contribution in [1.29, 1.82) is 0 Å². The molecule has 0 unspecified atom stereocenters. The first-order valence-electron chi connectivity index (χ1n) is 3.93. The SMILES string of the molecule is CC.CNc1ccc(C)cn1. The van der Waals surface area contributed by atoms with Crippen LogP contribution in [0, 0.1) is 6.92 Å². The molecule has 2 nitrogen and oxygen atoms in total. The van der Waals surface area contributed by atoms with Gasteiger partial charge in [0.1, 0.15) is 5.82 Å². The van der Waals surface area contributed by atoms with Gasteiger partial charge in [-0.2, -0.15) is 0 Å². The second-order valence-corrected chi connectivity index (χ2v) is 1.97. The van der Waals surface area contributed by atoms with Gasteiger partial charge in [0.15, 0.2) is 0 Å². The molecule has 11 heavy (non-hydrogen) atoms. The summed E-state index contributed by atoms with van der Waals surface area (Å²) < 4.78 is 0. The van der Waals surface area contributed by atoms with Crippen LogP contribution in [0.25, 0.3) is 0 Å². The molecule has 0 fully saturated rings. The summed E-state index contributed by atoms with van der Waals surface area (Å²) >= 11 is 0. The first-order chi connectivity index (χ1) is 5.33. The first-order valence-corrected chi connectivity index (χ1v) is 3.93. The van der Waals surface area contributed by atoms with Gasteiger partial charge in [0.2, 0.25) is 0 Å². The fourth-order valence-electron chi connectivity index (χ4n) is 0.616. The second-order valence-electron chi connectivity index (χ2n) is 1.97. The van der Waals surface area contributed by atoms with E-state index in [9.17, 15) is 0 Å². The van der Waals surface area contributed by atoms with Crippen LogP contribution in [0.2, 0.25) is 0 Å². The van der Waals surface area contributed by atoms with Gasteiger partial charge in [0, 0.05) is 13.2 Å². The molecule has 0 radical (unpaired) electrons. The number of aryl methyl sites for hydroxylation is 1. The number of nitrogens with one attached hydrogen (secondary N) is 1. The van der Waals surface area contributed by atoms with Crippen molar-refractivity contribution in [2.45, 2.75) is 20.8 Å². The van der Waals surface area contributed by atoms with Crippen molar-refractivity contribution < 1.29 is 0 Å². The predicted octanol–water partition coefficient (Wildman–Crippen LogP) is 2.46. The largest absolute Gasteiger partial charge is 0.373 e. The number of nitrogens with zero attached hydrogens (tertiary/aromatic N) is 1. The molecule has 0 saturated carbocycles. The van der Waals surface area contributed by atoms with Crippen molar-refractivity contribution in [1.82, 2.24) is 4.98 Å². The molecular weight excluding hydrogens is 136 g/mol. The minimum absolute atomic E-state index is 0.917. The third-order valence-corrected chi connectivity index (χ3v) is 1.17. The molecule has 1 N–H and O–H groups in total. The van der Waals surface area contributed by atoms with Gasteiger partial charge in [-0.25, -0.2) is 4.98 Å². The molecule has 0 bridgehead atoms. The molecule has 0 aliphatic carbocycles. The molecule has 0 amide bonds. The minimum Gasteiger partial charge on any atom is -0.373 e. The lowest BCUT2D eigenvalue weighted by Gasteiger charge is -1.96. The topological polar surface area (TPSA) is 24.9 Å². The lowest BCUT2D eigenvalue weighted by Crippen LogP contribution is -1.90. The van der Waals surface area contributed by atoms with E-state index in [-0.39, 0.29) is 0 Å². The van der Waals surface area contributed by atoms with Gasteiger partial charge in [-0.05, 0) is 18.6 Å². The number of rotatable bonds is 1. The highest BCUT2D eigenvalue weighted by Crippen LogP contribution is 2.01. The third kappa shape index (κ3) is 3.61. The van der Waals surface area contributed by atoms with Crippen LogP contribution in [0.4, 0.5) is 5.82 Å². The lowest BCUT2D eigenvalue weighted by molar-refractivity contribution is 1.24. The summed E-state index contributed by atoms with van der Waals surface area (Å²) in [6.45, 7) is 6.02. The molecule has 0 atom stereocenters. The summed E-state index contributed by atoms with van der Waals surface area (Å²) in [5.74, 6) is 0.917. The summed E-state index contributed by atoms with van der Waals surface area (Å²) in [4.78, 5) is 4.09. The van der Waals surface area contributed by atoms with Crippen LogP contribution in [0.1, 0.15) is 19.4 Å². The first kappa shape index (κ1) is 9.95. The zero-order valence-corrected chi connectivity index (χ0v) is 7.68. The van der Waals surface area contributed by atoms with Crippen molar-refractivity contribution in [2.24, 2.45) is 0 Å². The molecule has 0 aliphatic heterocycles. The van der Waals surface area contributed by atoms with E-state index in [0.717, 1.165) is 5.82 Å². The second kappa shape index (κ2) is 5.71. The van der Waals surface area contributed by atoms with E-state index in [1.165, 1.54) is 5.56 Å². The van der Waals surface area contributed by atoms with Crippen LogP contribution in [-0.2, 0) is 0 Å². The van der Waals surface area contributed by atoms with Crippen molar-refractivity contribution in [3.63, 3.8) is 0 Å². The van der Waals surface area contributed by atoms with Crippen LogP contribution in [0.5, 0.6) is 0 Å².